The van der Waals surface area contributed by atoms with Gasteiger partial charge in [0.05, 0.1) is 0 Å². The summed E-state index contributed by atoms with van der Waals surface area (Å²) in [6, 6.07) is 10.2. The third kappa shape index (κ3) is 6.43. The average Bonchev–Trinajstić information content (AvgIpc) is 2.51. The van der Waals surface area contributed by atoms with Gasteiger partial charge in [-0.15, -0.1) is 0 Å². The molecule has 0 aliphatic rings. The predicted octanol–water partition coefficient (Wildman–Crippen LogP) is 3.37. The maximum atomic E-state index is 12.6. The quantitative estimate of drug-likeness (QED) is 0.838. The van der Waals surface area contributed by atoms with Crippen molar-refractivity contribution in [3.05, 3.63) is 35.9 Å². The van der Waals surface area contributed by atoms with Crippen LogP contribution in [0.1, 0.15) is 53.0 Å². The van der Waals surface area contributed by atoms with Gasteiger partial charge < -0.3 is 10.2 Å². The highest BCUT2D eigenvalue weighted by Crippen LogP contribution is 2.14. The topological polar surface area (TPSA) is 49.4 Å². The lowest BCUT2D eigenvalue weighted by atomic mass is 9.96. The number of amides is 2. The van der Waals surface area contributed by atoms with Crippen LogP contribution in [0.2, 0.25) is 0 Å². The van der Waals surface area contributed by atoms with Gasteiger partial charge in [-0.25, -0.2) is 0 Å². The first kappa shape index (κ1) is 19.2. The van der Waals surface area contributed by atoms with Crippen molar-refractivity contribution in [1.82, 2.24) is 10.2 Å². The molecule has 4 heteroatoms. The van der Waals surface area contributed by atoms with Crippen LogP contribution >= 0.6 is 0 Å². The molecule has 128 valence electrons. The first-order chi connectivity index (χ1) is 10.8. The van der Waals surface area contributed by atoms with E-state index in [0.717, 1.165) is 12.0 Å². The Kier molecular flexibility index (Phi) is 7.27. The van der Waals surface area contributed by atoms with Gasteiger partial charge >= 0.3 is 0 Å². The van der Waals surface area contributed by atoms with Gasteiger partial charge in [0, 0.05) is 31.0 Å². The largest absolute Gasteiger partial charge is 0.355 e. The summed E-state index contributed by atoms with van der Waals surface area (Å²) < 4.78 is 0. The van der Waals surface area contributed by atoms with E-state index in [1.54, 1.807) is 0 Å². The van der Waals surface area contributed by atoms with E-state index in [1.807, 2.05) is 56.0 Å². The molecule has 0 fully saturated rings. The second kappa shape index (κ2) is 8.70. The molecule has 0 saturated heterocycles. The van der Waals surface area contributed by atoms with Crippen LogP contribution in [0.15, 0.2) is 30.3 Å². The first-order valence-corrected chi connectivity index (χ1v) is 8.37. The molecule has 1 N–H and O–H groups in total. The van der Waals surface area contributed by atoms with Gasteiger partial charge in [0.15, 0.2) is 0 Å². The molecule has 0 aliphatic carbocycles. The summed E-state index contributed by atoms with van der Waals surface area (Å²) in [4.78, 5) is 26.3. The zero-order valence-electron chi connectivity index (χ0n) is 15.1. The second-order valence-electron chi connectivity index (χ2n) is 7.02. The summed E-state index contributed by atoms with van der Waals surface area (Å²) >= 11 is 0. The molecule has 1 aromatic carbocycles. The van der Waals surface area contributed by atoms with Crippen molar-refractivity contribution in [3.8, 4) is 0 Å². The molecule has 0 bridgehead atoms. The van der Waals surface area contributed by atoms with Gasteiger partial charge in [-0.2, -0.15) is 0 Å². The van der Waals surface area contributed by atoms with Crippen LogP contribution in [0.4, 0.5) is 0 Å². The Morgan fingerprint density at radius 2 is 1.78 bits per heavy atom. The van der Waals surface area contributed by atoms with Gasteiger partial charge in [-0.3, -0.25) is 9.59 Å². The van der Waals surface area contributed by atoms with Crippen LogP contribution in [0.25, 0.3) is 0 Å². The fraction of sp³-hybridized carbons (Fsp3) is 0.579. The second-order valence-corrected chi connectivity index (χ2v) is 7.02. The highest BCUT2D eigenvalue weighted by molar-refractivity contribution is 5.82. The molecule has 1 rings (SSSR count). The molecule has 2 amide bonds. The number of hydrogen-bond donors (Lipinski definition) is 1. The molecule has 0 heterocycles. The summed E-state index contributed by atoms with van der Waals surface area (Å²) in [5.74, 6) is 0.0564. The van der Waals surface area contributed by atoms with Crippen LogP contribution < -0.4 is 5.32 Å². The van der Waals surface area contributed by atoms with Gasteiger partial charge in [-0.1, -0.05) is 58.0 Å². The SMILES string of the molecule is CCC(C)N(Cc1ccccc1)C(=O)CCNC(=O)C(C)(C)C. The summed E-state index contributed by atoms with van der Waals surface area (Å²) in [6.45, 7) is 10.7. The Hall–Kier alpha value is -1.84. The summed E-state index contributed by atoms with van der Waals surface area (Å²) in [5, 5.41) is 2.84. The zero-order valence-corrected chi connectivity index (χ0v) is 15.1. The molecule has 0 radical (unpaired) electrons. The van der Waals surface area contributed by atoms with Crippen LogP contribution in [-0.4, -0.2) is 29.3 Å². The van der Waals surface area contributed by atoms with E-state index >= 15 is 0 Å². The van der Waals surface area contributed by atoms with E-state index in [4.69, 9.17) is 0 Å². The van der Waals surface area contributed by atoms with Crippen molar-refractivity contribution in [2.24, 2.45) is 5.41 Å². The Balaban J connectivity index is 2.61. The lowest BCUT2D eigenvalue weighted by Gasteiger charge is -2.29. The average molecular weight is 318 g/mol. The van der Waals surface area contributed by atoms with Crippen molar-refractivity contribution in [1.29, 1.82) is 0 Å². The van der Waals surface area contributed by atoms with Crippen LogP contribution in [0, 0.1) is 5.41 Å². The molecular formula is C19H30N2O2. The monoisotopic (exact) mass is 318 g/mol. The summed E-state index contributed by atoms with van der Waals surface area (Å²) in [6.07, 6.45) is 1.24. The van der Waals surface area contributed by atoms with E-state index in [9.17, 15) is 9.59 Å². The number of hydrogen-bond acceptors (Lipinski definition) is 2. The Labute approximate surface area is 140 Å². The molecule has 1 atom stereocenters. The van der Waals surface area contributed by atoms with Crippen LogP contribution in [-0.2, 0) is 16.1 Å². The highest BCUT2D eigenvalue weighted by atomic mass is 16.2. The predicted molar refractivity (Wildman–Crippen MR) is 93.8 cm³/mol. The normalized spacial score (nSPS) is 12.6. The number of rotatable bonds is 7. The fourth-order valence-corrected chi connectivity index (χ4v) is 2.18. The van der Waals surface area contributed by atoms with Crippen molar-refractivity contribution in [2.45, 2.75) is 60.0 Å². The standard InChI is InChI=1S/C19H30N2O2/c1-6-15(2)21(14-16-10-8-7-9-11-16)17(22)12-13-20-18(23)19(3,4)5/h7-11,15H,6,12-14H2,1-5H3,(H,20,23). The molecule has 0 aromatic heterocycles. The van der Waals surface area contributed by atoms with E-state index in [0.29, 0.717) is 19.5 Å². The maximum absolute atomic E-state index is 12.6. The Bertz CT molecular complexity index is 506. The Morgan fingerprint density at radius 1 is 1.17 bits per heavy atom. The number of nitrogens with one attached hydrogen (secondary N) is 1. The third-order valence-electron chi connectivity index (χ3n) is 3.94. The number of carbonyl (C=O) groups excluding carboxylic acids is 2. The molecule has 1 unspecified atom stereocenters. The molecule has 23 heavy (non-hydrogen) atoms. The van der Waals surface area contributed by atoms with Gasteiger partial charge in [0.1, 0.15) is 0 Å². The van der Waals surface area contributed by atoms with Crippen molar-refractivity contribution >= 4 is 11.8 Å². The molecule has 1 aromatic rings. The molecular weight excluding hydrogens is 288 g/mol. The number of benzene rings is 1. The molecule has 4 nitrogen and oxygen atoms in total. The highest BCUT2D eigenvalue weighted by Gasteiger charge is 2.22. The van der Waals surface area contributed by atoms with E-state index in [2.05, 4.69) is 19.2 Å². The van der Waals surface area contributed by atoms with Gasteiger partial charge in [0.2, 0.25) is 11.8 Å². The van der Waals surface area contributed by atoms with Crippen molar-refractivity contribution in [2.75, 3.05) is 6.54 Å². The van der Waals surface area contributed by atoms with Gasteiger partial charge in [-0.05, 0) is 18.9 Å². The maximum Gasteiger partial charge on any atom is 0.225 e. The minimum Gasteiger partial charge on any atom is -0.355 e. The van der Waals surface area contributed by atoms with Crippen molar-refractivity contribution < 1.29 is 9.59 Å². The lowest BCUT2D eigenvalue weighted by molar-refractivity contribution is -0.134. The van der Waals surface area contributed by atoms with Crippen LogP contribution in [0.5, 0.6) is 0 Å². The minimum absolute atomic E-state index is 0.0246. The Morgan fingerprint density at radius 3 is 2.30 bits per heavy atom. The van der Waals surface area contributed by atoms with Crippen LogP contribution in [0.3, 0.4) is 0 Å². The van der Waals surface area contributed by atoms with E-state index < -0.39 is 5.41 Å². The molecule has 0 saturated carbocycles. The number of nitrogens with zero attached hydrogens (tertiary/aromatic N) is 1. The minimum atomic E-state index is -0.427. The molecule has 0 aliphatic heterocycles. The fourth-order valence-electron chi connectivity index (χ4n) is 2.18. The van der Waals surface area contributed by atoms with E-state index in [1.165, 1.54) is 0 Å². The summed E-state index contributed by atoms with van der Waals surface area (Å²) in [5.41, 5.74) is 0.698. The van der Waals surface area contributed by atoms with E-state index in [-0.39, 0.29) is 17.9 Å². The number of carbonyl (C=O) groups is 2. The lowest BCUT2D eigenvalue weighted by Crippen LogP contribution is -2.41. The van der Waals surface area contributed by atoms with Gasteiger partial charge in [0.25, 0.3) is 0 Å². The van der Waals surface area contributed by atoms with Crippen molar-refractivity contribution in [3.63, 3.8) is 0 Å². The smallest absolute Gasteiger partial charge is 0.225 e. The first-order valence-electron chi connectivity index (χ1n) is 8.37. The zero-order chi connectivity index (χ0) is 17.5. The third-order valence-corrected chi connectivity index (χ3v) is 3.94. The summed E-state index contributed by atoms with van der Waals surface area (Å²) in [7, 11) is 0. The molecule has 0 spiro atoms.